The predicted octanol–water partition coefficient (Wildman–Crippen LogP) is 7.98. The summed E-state index contributed by atoms with van der Waals surface area (Å²) < 4.78 is 66.6. The van der Waals surface area contributed by atoms with Crippen molar-refractivity contribution in [3.8, 4) is 0 Å². The minimum atomic E-state index is -4.30. The SMILES string of the molecule is CCN/C(=C/C=C/C=C/C=C/C(=N\CCCN)C(C)(C)C1CC=Cc2cc(S(=O)(=O)O)ccc21)C(C)(C)C1CCCC2=C1CCC(S(=O)(=O)O)C2. The Morgan fingerprint density at radius 1 is 0.980 bits per heavy atom. The van der Waals surface area contributed by atoms with Crippen molar-refractivity contribution < 1.29 is 25.9 Å². The Morgan fingerprint density at radius 2 is 1.71 bits per heavy atom. The molecule has 0 saturated carbocycles. The second-order valence-corrected chi connectivity index (χ2v) is 18.1. The Kier molecular flexibility index (Phi) is 13.7. The highest BCUT2D eigenvalue weighted by molar-refractivity contribution is 7.86. The highest BCUT2D eigenvalue weighted by atomic mass is 32.2. The maximum atomic E-state index is 11.9. The van der Waals surface area contributed by atoms with Gasteiger partial charge in [-0.1, -0.05) is 87.4 Å². The molecule has 4 rings (SSSR count). The van der Waals surface area contributed by atoms with E-state index < -0.39 is 25.5 Å². The van der Waals surface area contributed by atoms with E-state index in [1.165, 1.54) is 23.3 Å². The monoisotopic (exact) mass is 739 g/mol. The lowest BCUT2D eigenvalue weighted by Crippen LogP contribution is -2.38. The van der Waals surface area contributed by atoms with Gasteiger partial charge in [-0.2, -0.15) is 16.8 Å². The molecule has 11 heteroatoms. The van der Waals surface area contributed by atoms with E-state index in [0.29, 0.717) is 38.3 Å². The van der Waals surface area contributed by atoms with Gasteiger partial charge in [0.15, 0.2) is 0 Å². The summed E-state index contributed by atoms with van der Waals surface area (Å²) in [6.45, 7) is 12.9. The van der Waals surface area contributed by atoms with E-state index >= 15 is 0 Å². The van der Waals surface area contributed by atoms with Gasteiger partial charge >= 0.3 is 0 Å². The molecule has 0 radical (unpaired) electrons. The first-order chi connectivity index (χ1) is 24.0. The summed E-state index contributed by atoms with van der Waals surface area (Å²) in [6, 6.07) is 4.79. The summed E-state index contributed by atoms with van der Waals surface area (Å²) in [5, 5.41) is 2.91. The first-order valence-corrected chi connectivity index (χ1v) is 21.1. The van der Waals surface area contributed by atoms with E-state index in [0.717, 1.165) is 61.2 Å². The van der Waals surface area contributed by atoms with E-state index in [2.05, 4.69) is 46.0 Å². The number of rotatable bonds is 15. The van der Waals surface area contributed by atoms with E-state index in [1.54, 1.807) is 6.07 Å². The van der Waals surface area contributed by atoms with E-state index in [1.807, 2.05) is 48.6 Å². The molecule has 0 bridgehead atoms. The lowest BCUT2D eigenvalue weighted by Gasteiger charge is -2.44. The molecule has 9 nitrogen and oxygen atoms in total. The van der Waals surface area contributed by atoms with Crippen molar-refractivity contribution in [3.63, 3.8) is 0 Å². The molecule has 0 fully saturated rings. The van der Waals surface area contributed by atoms with Gasteiger partial charge in [-0.25, -0.2) is 0 Å². The lowest BCUT2D eigenvalue weighted by molar-refractivity contribution is 0.245. The molecule has 5 N–H and O–H groups in total. The second-order valence-electron chi connectivity index (χ2n) is 15.0. The summed E-state index contributed by atoms with van der Waals surface area (Å²) in [7, 11) is -8.33. The van der Waals surface area contributed by atoms with Crippen LogP contribution in [0.4, 0.5) is 0 Å². The van der Waals surface area contributed by atoms with Crippen LogP contribution in [0.2, 0.25) is 0 Å². The van der Waals surface area contributed by atoms with Gasteiger partial charge < -0.3 is 11.1 Å². The Balaban J connectivity index is 1.51. The number of hydrogen-bond acceptors (Lipinski definition) is 7. The quantitative estimate of drug-likeness (QED) is 0.0464. The van der Waals surface area contributed by atoms with Crippen LogP contribution in [0.15, 0.2) is 93.5 Å². The zero-order chi connectivity index (χ0) is 37.5. The lowest BCUT2D eigenvalue weighted by atomic mass is 9.63. The van der Waals surface area contributed by atoms with Crippen LogP contribution < -0.4 is 11.1 Å². The van der Waals surface area contributed by atoms with E-state index in [4.69, 9.17) is 10.7 Å². The van der Waals surface area contributed by atoms with Gasteiger partial charge in [0, 0.05) is 35.3 Å². The van der Waals surface area contributed by atoms with E-state index in [9.17, 15) is 25.9 Å². The fraction of sp³-hybridized carbons (Fsp3) is 0.525. The third-order valence-corrected chi connectivity index (χ3v) is 13.0. The zero-order valence-electron chi connectivity index (χ0n) is 30.8. The molecule has 0 saturated heterocycles. The largest absolute Gasteiger partial charge is 0.388 e. The Morgan fingerprint density at radius 3 is 2.39 bits per heavy atom. The average molecular weight is 740 g/mol. The summed E-state index contributed by atoms with van der Waals surface area (Å²) >= 11 is 0. The van der Waals surface area contributed by atoms with Gasteiger partial charge in [0.2, 0.25) is 0 Å². The summed E-state index contributed by atoms with van der Waals surface area (Å²) in [5.74, 6) is 0.349. The fourth-order valence-corrected chi connectivity index (χ4v) is 9.40. The molecule has 0 aliphatic heterocycles. The van der Waals surface area contributed by atoms with Crippen LogP contribution in [-0.2, 0) is 20.2 Å². The molecule has 3 atom stereocenters. The van der Waals surface area contributed by atoms with Crippen LogP contribution in [0.25, 0.3) is 6.08 Å². The van der Waals surface area contributed by atoms with E-state index in [-0.39, 0.29) is 21.6 Å². The van der Waals surface area contributed by atoms with Crippen molar-refractivity contribution in [3.05, 3.63) is 94.8 Å². The Bertz CT molecular complexity index is 1850. The predicted molar refractivity (Wildman–Crippen MR) is 209 cm³/mol. The van der Waals surface area contributed by atoms with Crippen molar-refractivity contribution >= 4 is 32.0 Å². The third kappa shape index (κ3) is 10.1. The molecule has 0 aromatic heterocycles. The average Bonchev–Trinajstić information content (AvgIpc) is 3.07. The summed E-state index contributed by atoms with van der Waals surface area (Å²) in [4.78, 5) is 4.84. The van der Waals surface area contributed by atoms with Crippen LogP contribution in [0.5, 0.6) is 0 Å². The first kappa shape index (κ1) is 40.7. The molecule has 3 unspecified atom stereocenters. The van der Waals surface area contributed by atoms with Gasteiger partial charge in [0.1, 0.15) is 0 Å². The molecule has 0 spiro atoms. The van der Waals surface area contributed by atoms with Gasteiger partial charge in [-0.05, 0) is 112 Å². The van der Waals surface area contributed by atoms with Crippen LogP contribution in [0, 0.1) is 16.7 Å². The second kappa shape index (κ2) is 17.2. The summed E-state index contributed by atoms with van der Waals surface area (Å²) in [5.41, 5.74) is 11.7. The number of benzene rings is 1. The fourth-order valence-electron chi connectivity index (χ4n) is 8.06. The molecule has 0 heterocycles. The normalized spacial score (nSPS) is 22.6. The van der Waals surface area contributed by atoms with Crippen LogP contribution in [0.1, 0.15) is 103 Å². The van der Waals surface area contributed by atoms with Crippen molar-refractivity contribution in [2.75, 3.05) is 19.6 Å². The van der Waals surface area contributed by atoms with Crippen molar-refractivity contribution in [2.45, 2.75) is 102 Å². The number of allylic oxidation sites excluding steroid dienone is 11. The molecule has 1 aromatic rings. The zero-order valence-corrected chi connectivity index (χ0v) is 32.4. The van der Waals surface area contributed by atoms with Crippen LogP contribution >= 0.6 is 0 Å². The van der Waals surface area contributed by atoms with Crippen LogP contribution in [-0.4, -0.2) is 56.5 Å². The molecule has 51 heavy (non-hydrogen) atoms. The molecule has 1 aromatic carbocycles. The first-order valence-electron chi connectivity index (χ1n) is 18.2. The number of nitrogens with zero attached hydrogens (tertiary/aromatic N) is 1. The topological polar surface area (TPSA) is 159 Å². The Hall–Kier alpha value is -3.09. The maximum Gasteiger partial charge on any atom is 0.294 e. The van der Waals surface area contributed by atoms with Crippen molar-refractivity contribution in [2.24, 2.45) is 27.5 Å². The van der Waals surface area contributed by atoms with Gasteiger partial charge in [0.05, 0.1) is 10.1 Å². The maximum absolute atomic E-state index is 11.9. The minimum Gasteiger partial charge on any atom is -0.388 e. The highest BCUT2D eigenvalue weighted by Crippen LogP contribution is 2.50. The van der Waals surface area contributed by atoms with Crippen molar-refractivity contribution in [1.82, 2.24) is 5.32 Å². The number of nitrogens with one attached hydrogen (secondary N) is 1. The van der Waals surface area contributed by atoms with Gasteiger partial charge in [-0.3, -0.25) is 14.1 Å². The number of hydrogen-bond donors (Lipinski definition) is 4. The third-order valence-electron chi connectivity index (χ3n) is 10.9. The highest BCUT2D eigenvalue weighted by Gasteiger charge is 2.41. The standard InChI is InChI=1S/C40H57N3O6S2/c1-6-42-37(39(2,3)35-17-12-15-29-27-31(50(44,45)46)21-23-33(29)35)19-10-8-7-9-11-20-38(43-26-14-25-41)40(4,5)36-18-13-16-30-28-32(51(47,48)49)22-24-34(30)36/h7-11,13,16,19-20,22,24,28,31,35-36,42H,6,12,14-15,17-18,21,23,25-27,41H2,1-5H3,(H,44,45,46)(H,47,48,49)/b9-7+,10-8+,20-11+,37-19+,43-38+. The molecule has 3 aliphatic rings. The van der Waals surface area contributed by atoms with Crippen molar-refractivity contribution in [1.29, 1.82) is 0 Å². The molecule has 0 amide bonds. The molecule has 3 aliphatic carbocycles. The number of nitrogens with two attached hydrogens (primary N) is 1. The smallest absolute Gasteiger partial charge is 0.294 e. The summed E-state index contributed by atoms with van der Waals surface area (Å²) in [6.07, 6.45) is 24.3. The van der Waals surface area contributed by atoms with Gasteiger partial charge in [0.25, 0.3) is 20.2 Å². The van der Waals surface area contributed by atoms with Gasteiger partial charge in [-0.15, -0.1) is 0 Å². The Labute approximate surface area is 306 Å². The van der Waals surface area contributed by atoms with Crippen LogP contribution in [0.3, 0.4) is 0 Å². The molecule has 280 valence electrons. The number of fused-ring (bicyclic) bond motifs is 1. The number of aliphatic imine (C=N–C) groups is 1. The molecular formula is C40H57N3O6S2. The molecular weight excluding hydrogens is 683 g/mol. The minimum absolute atomic E-state index is 0.0461.